The van der Waals surface area contributed by atoms with E-state index in [2.05, 4.69) is 13.2 Å². The van der Waals surface area contributed by atoms with Crippen molar-refractivity contribution in [2.24, 2.45) is 11.8 Å². The van der Waals surface area contributed by atoms with E-state index in [-0.39, 0.29) is 18.1 Å². The van der Waals surface area contributed by atoms with Crippen molar-refractivity contribution in [2.45, 2.75) is 49.3 Å². The number of aliphatic hydroxyl groups excluding tert-OH is 1. The maximum absolute atomic E-state index is 11.8. The number of fused-ring (bicyclic) bond motifs is 5. The summed E-state index contributed by atoms with van der Waals surface area (Å²) < 4.78 is 11.1. The smallest absolute Gasteiger partial charge is 0.334 e. The molecule has 5 heteroatoms. The Morgan fingerprint density at radius 1 is 1.40 bits per heavy atom. The van der Waals surface area contributed by atoms with E-state index in [1.54, 1.807) is 0 Å². The highest BCUT2D eigenvalue weighted by molar-refractivity contribution is 5.91. The molecule has 0 amide bonds. The zero-order chi connectivity index (χ0) is 14.4. The Hall–Kier alpha value is -1.17. The third-order valence-electron chi connectivity index (χ3n) is 5.68. The Bertz CT molecular complexity index is 554. The normalized spacial score (nSPS) is 56.8. The van der Waals surface area contributed by atoms with Crippen molar-refractivity contribution in [3.05, 3.63) is 24.3 Å². The van der Waals surface area contributed by atoms with Crippen LogP contribution in [-0.2, 0) is 14.3 Å². The molecule has 2 aliphatic heterocycles. The molecule has 0 aromatic rings. The van der Waals surface area contributed by atoms with Crippen molar-refractivity contribution in [3.8, 4) is 0 Å². The lowest BCUT2D eigenvalue weighted by molar-refractivity contribution is -0.149. The Morgan fingerprint density at radius 3 is 2.80 bits per heavy atom. The number of esters is 1. The van der Waals surface area contributed by atoms with E-state index in [4.69, 9.17) is 9.47 Å². The average Bonchev–Trinajstić information content (AvgIpc) is 2.80. The fraction of sp³-hybridized carbons (Fsp3) is 0.667. The van der Waals surface area contributed by atoms with Gasteiger partial charge >= 0.3 is 5.97 Å². The highest BCUT2D eigenvalue weighted by Gasteiger charge is 2.76. The van der Waals surface area contributed by atoms with Crippen LogP contribution < -0.4 is 0 Å². The van der Waals surface area contributed by atoms with Crippen LogP contribution in [0.4, 0.5) is 0 Å². The van der Waals surface area contributed by atoms with E-state index in [0.29, 0.717) is 12.0 Å². The van der Waals surface area contributed by atoms with Crippen molar-refractivity contribution < 1.29 is 24.5 Å². The number of aliphatic hydroxyl groups is 2. The number of carbonyl (C=O) groups excluding carboxylic acids is 1. The lowest BCUT2D eigenvalue weighted by Gasteiger charge is -2.37. The molecule has 0 aromatic heterocycles. The zero-order valence-corrected chi connectivity index (χ0v) is 11.3. The summed E-state index contributed by atoms with van der Waals surface area (Å²) in [5.41, 5.74) is -0.754. The molecule has 2 heterocycles. The molecule has 2 N–H and O–H groups in total. The van der Waals surface area contributed by atoms with Gasteiger partial charge in [0.25, 0.3) is 0 Å². The second kappa shape index (κ2) is 3.35. The quantitative estimate of drug-likeness (QED) is 0.289. The van der Waals surface area contributed by atoms with Crippen LogP contribution in [0.3, 0.4) is 0 Å². The first kappa shape index (κ1) is 12.6. The molecule has 4 fully saturated rings. The number of carbonyl (C=O) groups is 1. The molecule has 108 valence electrons. The van der Waals surface area contributed by atoms with Crippen molar-refractivity contribution >= 4 is 5.97 Å². The van der Waals surface area contributed by atoms with Crippen LogP contribution in [-0.4, -0.2) is 45.7 Å². The minimum absolute atomic E-state index is 0.0299. The second-order valence-electron chi connectivity index (χ2n) is 6.69. The van der Waals surface area contributed by atoms with Gasteiger partial charge in [-0.25, -0.2) is 4.79 Å². The Kier molecular flexibility index (Phi) is 2.10. The summed E-state index contributed by atoms with van der Waals surface area (Å²) in [5.74, 6) is -1.36. The summed E-state index contributed by atoms with van der Waals surface area (Å²) in [7, 11) is 0. The summed E-state index contributed by atoms with van der Waals surface area (Å²) in [6.45, 7) is 9.64. The minimum Gasteiger partial charge on any atom is -0.458 e. The number of hydrogen-bond acceptors (Lipinski definition) is 5. The number of epoxide rings is 1. The topological polar surface area (TPSA) is 79.3 Å². The van der Waals surface area contributed by atoms with Crippen LogP contribution in [0.5, 0.6) is 0 Å². The average molecular weight is 278 g/mol. The van der Waals surface area contributed by atoms with Gasteiger partial charge in [-0.3, -0.25) is 0 Å². The molecule has 20 heavy (non-hydrogen) atoms. The number of rotatable bonds is 0. The summed E-state index contributed by atoms with van der Waals surface area (Å²) in [6, 6.07) is 0. The van der Waals surface area contributed by atoms with Gasteiger partial charge in [-0.1, -0.05) is 13.2 Å². The predicted octanol–water partition coefficient (Wildman–Crippen LogP) is 0.313. The van der Waals surface area contributed by atoms with Crippen LogP contribution in [0.1, 0.15) is 19.8 Å². The third kappa shape index (κ3) is 1.22. The molecule has 7 unspecified atom stereocenters. The van der Waals surface area contributed by atoms with Gasteiger partial charge in [0.2, 0.25) is 0 Å². The van der Waals surface area contributed by atoms with E-state index in [9.17, 15) is 15.0 Å². The highest BCUT2D eigenvalue weighted by Crippen LogP contribution is 2.64. The van der Waals surface area contributed by atoms with Gasteiger partial charge in [-0.2, -0.15) is 0 Å². The van der Waals surface area contributed by atoms with Crippen LogP contribution in [0, 0.1) is 11.8 Å². The standard InChI is InChI=1S/C15H18O5/c1-6-4-8(16)10-7(2)13(17)19-11(10)12-14(3)9(20-14)5-15(6,12)18/h8-12,16,18H,1-2,4-5H2,3H3. The first-order valence-electron chi connectivity index (χ1n) is 6.95. The van der Waals surface area contributed by atoms with E-state index >= 15 is 0 Å². The maximum Gasteiger partial charge on any atom is 0.334 e. The molecule has 0 radical (unpaired) electrons. The van der Waals surface area contributed by atoms with Crippen molar-refractivity contribution in [2.75, 3.05) is 0 Å². The summed E-state index contributed by atoms with van der Waals surface area (Å²) in [4.78, 5) is 11.8. The molecule has 2 aliphatic carbocycles. The van der Waals surface area contributed by atoms with Crippen LogP contribution in [0.2, 0.25) is 0 Å². The molecule has 0 bridgehead atoms. The first-order valence-corrected chi connectivity index (χ1v) is 6.95. The lowest BCUT2D eigenvalue weighted by atomic mass is 9.75. The molecule has 4 aliphatic rings. The molecule has 0 aromatic carbocycles. The SMILES string of the molecule is C=C1C(=O)OC2C1C(O)CC(=C)C1(O)CC3OC3(C)C21. The lowest BCUT2D eigenvalue weighted by Crippen LogP contribution is -2.48. The molecule has 2 saturated heterocycles. The fourth-order valence-corrected chi connectivity index (χ4v) is 4.53. The molecule has 2 saturated carbocycles. The van der Waals surface area contributed by atoms with Gasteiger partial charge < -0.3 is 19.7 Å². The largest absolute Gasteiger partial charge is 0.458 e. The Balaban J connectivity index is 1.85. The Labute approximate surface area is 116 Å². The van der Waals surface area contributed by atoms with Crippen LogP contribution in [0.25, 0.3) is 0 Å². The minimum atomic E-state index is -1.14. The number of ether oxygens (including phenoxy) is 2. The van der Waals surface area contributed by atoms with Gasteiger partial charge in [0.1, 0.15) is 11.7 Å². The van der Waals surface area contributed by atoms with Crippen LogP contribution >= 0.6 is 0 Å². The van der Waals surface area contributed by atoms with Gasteiger partial charge in [-0.05, 0) is 18.9 Å². The first-order chi connectivity index (χ1) is 9.29. The molecule has 0 spiro atoms. The highest BCUT2D eigenvalue weighted by atomic mass is 16.6. The zero-order valence-electron chi connectivity index (χ0n) is 11.3. The van der Waals surface area contributed by atoms with Crippen molar-refractivity contribution in [1.29, 1.82) is 0 Å². The van der Waals surface area contributed by atoms with Gasteiger partial charge in [-0.15, -0.1) is 0 Å². The van der Waals surface area contributed by atoms with E-state index in [0.717, 1.165) is 0 Å². The van der Waals surface area contributed by atoms with Gasteiger partial charge in [0, 0.05) is 12.0 Å². The van der Waals surface area contributed by atoms with Gasteiger partial charge in [0.15, 0.2) is 0 Å². The molecule has 5 nitrogen and oxygen atoms in total. The van der Waals surface area contributed by atoms with Crippen molar-refractivity contribution in [3.63, 3.8) is 0 Å². The molecular weight excluding hydrogens is 260 g/mol. The van der Waals surface area contributed by atoms with E-state index in [1.807, 2.05) is 6.92 Å². The van der Waals surface area contributed by atoms with E-state index in [1.165, 1.54) is 0 Å². The van der Waals surface area contributed by atoms with Gasteiger partial charge in [0.05, 0.1) is 29.6 Å². The molecular formula is C15H18O5. The van der Waals surface area contributed by atoms with Crippen LogP contribution in [0.15, 0.2) is 24.3 Å². The summed E-state index contributed by atoms with van der Waals surface area (Å²) in [5, 5.41) is 21.4. The Morgan fingerprint density at radius 2 is 2.10 bits per heavy atom. The van der Waals surface area contributed by atoms with Crippen molar-refractivity contribution in [1.82, 2.24) is 0 Å². The summed E-state index contributed by atoms with van der Waals surface area (Å²) >= 11 is 0. The monoisotopic (exact) mass is 278 g/mol. The van der Waals surface area contributed by atoms with E-state index < -0.39 is 41.2 Å². The third-order valence-corrected chi connectivity index (χ3v) is 5.68. The fourth-order valence-electron chi connectivity index (χ4n) is 4.53. The predicted molar refractivity (Wildman–Crippen MR) is 68.6 cm³/mol. The number of hydrogen-bond donors (Lipinski definition) is 2. The second-order valence-corrected chi connectivity index (χ2v) is 6.69. The molecule has 7 atom stereocenters. The maximum atomic E-state index is 11.8. The molecule has 4 rings (SSSR count). The summed E-state index contributed by atoms with van der Waals surface area (Å²) in [6.07, 6.45) is -0.717.